The zero-order valence-electron chi connectivity index (χ0n) is 47.4. The van der Waals surface area contributed by atoms with Crippen LogP contribution in [0.4, 0.5) is 0 Å². The molecule has 0 nitrogen and oxygen atoms in total. The summed E-state index contributed by atoms with van der Waals surface area (Å²) in [5, 5.41) is 0. The molecule has 0 N–H and O–H groups in total. The molecule has 0 fully saturated rings. The first-order valence-electron chi connectivity index (χ1n) is 29.8. The molecule has 0 unspecified atom stereocenters. The van der Waals surface area contributed by atoms with Gasteiger partial charge in [0.2, 0.25) is 0 Å². The van der Waals surface area contributed by atoms with Gasteiger partial charge in [0.1, 0.15) is 0 Å². The van der Waals surface area contributed by atoms with Crippen molar-refractivity contribution in [2.75, 3.05) is 73.9 Å². The first kappa shape index (κ1) is 65.8. The van der Waals surface area contributed by atoms with Gasteiger partial charge in [0.15, 0.2) is 0 Å². The highest BCUT2D eigenvalue weighted by atomic mass is 31.1. The fourth-order valence-corrected chi connectivity index (χ4v) is 27.2. The Hall–Kier alpha value is 1.80. The van der Waals surface area contributed by atoms with Crippen LogP contribution in [0.25, 0.3) is 0 Å². The van der Waals surface area contributed by atoms with Crippen molar-refractivity contribution in [3.8, 4) is 0 Å². The normalized spacial score (nSPS) is 12.3. The fourth-order valence-electron chi connectivity index (χ4n) is 9.78. The topological polar surface area (TPSA) is 0 Å². The van der Waals surface area contributed by atoms with E-state index in [1.54, 1.807) is 0 Å². The Balaban J connectivity index is 4.96. The number of unbranched alkanes of at least 4 members (excludes halogenated alkanes) is 12. The lowest BCUT2D eigenvalue weighted by Gasteiger charge is -2.35. The van der Waals surface area contributed by atoms with Gasteiger partial charge >= 0.3 is 0 Å². The molecule has 0 aliphatic heterocycles. The molecule has 0 bridgehead atoms. The Labute approximate surface area is 426 Å². The molecular weight excluding hydrogens is 907 g/mol. The number of hydrogen-bond acceptors (Lipinski definition) is 0. The Bertz CT molecular complexity index is 926. The Morgan fingerprint density at radius 2 is 0.258 bits per heavy atom. The van der Waals surface area contributed by atoms with Crippen LogP contribution in [0.5, 0.6) is 0 Å². The molecule has 0 radical (unpaired) electrons. The summed E-state index contributed by atoms with van der Waals surface area (Å²) < 4.78 is 0. The van der Waals surface area contributed by atoms with Crippen LogP contribution in [0.1, 0.15) is 271 Å². The quantitative estimate of drug-likeness (QED) is 0.0571. The molecule has 1 aromatic rings. The van der Waals surface area contributed by atoms with Crippen LogP contribution in [-0.4, -0.2) is 73.9 Å². The zero-order chi connectivity index (χ0) is 48.6. The van der Waals surface area contributed by atoms with Crippen LogP contribution in [0.2, 0.25) is 0 Å². The van der Waals surface area contributed by atoms with E-state index < -0.39 is 0 Å². The molecule has 0 atom stereocenters. The summed E-state index contributed by atoms with van der Waals surface area (Å²) in [7, 11) is 0.0525. The Morgan fingerprint density at radius 1 is 0.167 bits per heavy atom. The van der Waals surface area contributed by atoms with Crippen LogP contribution in [0.3, 0.4) is 0 Å². The van der Waals surface area contributed by atoms with Gasteiger partial charge in [-0.2, -0.15) is 0 Å². The average Bonchev–Trinajstić information content (AvgIpc) is 3.33. The van der Waals surface area contributed by atoms with Gasteiger partial charge in [-0.25, -0.2) is 0 Å². The lowest BCUT2D eigenvalue weighted by molar-refractivity contribution is 0.856. The van der Waals surface area contributed by atoms with Gasteiger partial charge in [-0.3, -0.25) is 0 Å². The highest BCUT2D eigenvalue weighted by molar-refractivity contribution is 7.58. The minimum Gasteiger partial charge on any atom is -0.102 e. The second-order valence-electron chi connectivity index (χ2n) is 20.8. The van der Waals surface area contributed by atoms with Crippen LogP contribution < -0.4 is 0 Å². The molecule has 390 valence electrons. The molecule has 0 heterocycles. The van der Waals surface area contributed by atoms with Crippen LogP contribution in [0, 0.1) is 0 Å². The first-order valence-corrected chi connectivity index (χ1v) is 41.2. The summed E-state index contributed by atoms with van der Waals surface area (Å²) in [6.07, 6.45) is 61.1. The fraction of sp³-hybridized carbons (Fsp3) is 0.900. The molecule has 0 amide bonds. The van der Waals surface area contributed by atoms with Gasteiger partial charge < -0.3 is 0 Å². The minimum atomic E-state index is 0.00875. The van der Waals surface area contributed by atoms with Gasteiger partial charge in [0.25, 0.3) is 0 Å². The monoisotopic (exact) mass is 1030 g/mol. The molecule has 0 saturated carbocycles. The smallest absolute Gasteiger partial charge is 0.00671 e. The van der Waals surface area contributed by atoms with E-state index >= 15 is 0 Å². The van der Waals surface area contributed by atoms with Crippen LogP contribution >= 0.6 is 47.5 Å². The van der Waals surface area contributed by atoms with Gasteiger partial charge in [-0.15, -0.1) is 47.5 Å². The van der Waals surface area contributed by atoms with Gasteiger partial charge in [0, 0.05) is 0 Å². The van der Waals surface area contributed by atoms with Crippen molar-refractivity contribution in [2.24, 2.45) is 0 Å². The maximum Gasteiger partial charge on any atom is -0.00671 e. The standard InChI is InChI=1S/C60H120P6/c1-13-25-37-61(38-26-14-2)49-55-56(50-62(39-27-15-3)40-28-16-4)58(52-64(43-31-19-7)44-32-20-8)60(54-66(47-35-23-11)48-36-24-12)59(53-65(45-33-21-9)46-34-22-10)57(55)51-63(41-29-17-5)42-30-18-6/h13-54H2,1-12H3. The molecule has 1 aromatic carbocycles. The van der Waals surface area contributed by atoms with Gasteiger partial charge in [-0.05, 0) is 221 Å². The van der Waals surface area contributed by atoms with Crippen molar-refractivity contribution in [3.05, 3.63) is 33.4 Å². The second-order valence-corrected chi connectivity index (χ2v) is 36.1. The lowest BCUT2D eigenvalue weighted by Crippen LogP contribution is -2.17. The van der Waals surface area contributed by atoms with Crippen LogP contribution in [-0.2, 0) is 37.0 Å². The third-order valence-electron chi connectivity index (χ3n) is 14.4. The number of hydrogen-bond donors (Lipinski definition) is 0. The lowest BCUT2D eigenvalue weighted by atomic mass is 9.90. The van der Waals surface area contributed by atoms with Crippen molar-refractivity contribution in [1.82, 2.24) is 0 Å². The van der Waals surface area contributed by atoms with Crippen molar-refractivity contribution in [3.63, 3.8) is 0 Å². The predicted octanol–water partition coefficient (Wildman–Crippen LogP) is 23.2. The summed E-state index contributed by atoms with van der Waals surface area (Å²) in [6.45, 7) is 29.8. The van der Waals surface area contributed by atoms with E-state index in [1.165, 1.54) is 265 Å². The minimum absolute atomic E-state index is 0.00875. The van der Waals surface area contributed by atoms with Gasteiger partial charge in [0.05, 0.1) is 0 Å². The average molecular weight is 1030 g/mol. The SMILES string of the molecule is CCCCP(CCCC)Cc1c(CP(CCCC)CCCC)c(CP(CCCC)CCCC)c(CP(CCCC)CCCC)c(CP(CCCC)CCCC)c1CP(CCCC)CCCC. The zero-order valence-corrected chi connectivity index (χ0v) is 52.7. The summed E-state index contributed by atoms with van der Waals surface area (Å²) in [6, 6.07) is 0. The van der Waals surface area contributed by atoms with E-state index in [2.05, 4.69) is 116 Å². The van der Waals surface area contributed by atoms with Gasteiger partial charge in [-0.1, -0.05) is 160 Å². The molecule has 6 heteroatoms. The second kappa shape index (κ2) is 45.4. The van der Waals surface area contributed by atoms with E-state index in [0.29, 0.717) is 0 Å². The summed E-state index contributed by atoms with van der Waals surface area (Å²) in [5.74, 6) is 0. The molecule has 1 rings (SSSR count). The van der Waals surface area contributed by atoms with Crippen molar-refractivity contribution < 1.29 is 0 Å². The molecule has 0 spiro atoms. The summed E-state index contributed by atoms with van der Waals surface area (Å²) >= 11 is 0. The highest BCUT2D eigenvalue weighted by Gasteiger charge is 2.31. The Kier molecular flexibility index (Phi) is 45.3. The number of benzene rings is 1. The maximum atomic E-state index is 2.48. The highest BCUT2D eigenvalue weighted by Crippen LogP contribution is 2.58. The third-order valence-corrected chi connectivity index (χ3v) is 30.4. The van der Waals surface area contributed by atoms with E-state index in [-0.39, 0.29) is 47.5 Å². The molecular formula is C60H120P6. The molecule has 0 aromatic heterocycles. The largest absolute Gasteiger partial charge is 0.102 e. The van der Waals surface area contributed by atoms with Crippen molar-refractivity contribution in [1.29, 1.82) is 0 Å². The predicted molar refractivity (Wildman–Crippen MR) is 327 cm³/mol. The number of rotatable bonds is 48. The molecule has 0 aliphatic carbocycles. The molecule has 0 aliphatic rings. The van der Waals surface area contributed by atoms with Crippen molar-refractivity contribution in [2.45, 2.75) is 274 Å². The Morgan fingerprint density at radius 3 is 0.333 bits per heavy atom. The van der Waals surface area contributed by atoms with E-state index in [0.717, 1.165) is 0 Å². The van der Waals surface area contributed by atoms with Crippen molar-refractivity contribution >= 4 is 47.5 Å². The first-order chi connectivity index (χ1) is 32.3. The van der Waals surface area contributed by atoms with Crippen LogP contribution in [0.15, 0.2) is 0 Å². The molecule has 0 saturated heterocycles. The maximum absolute atomic E-state index is 2.48. The third kappa shape index (κ3) is 28.9. The van der Waals surface area contributed by atoms with E-state index in [1.807, 2.05) is 0 Å². The molecule has 66 heavy (non-hydrogen) atoms. The van der Waals surface area contributed by atoms with E-state index in [9.17, 15) is 0 Å². The summed E-state index contributed by atoms with van der Waals surface area (Å²) in [5.41, 5.74) is 12.5. The summed E-state index contributed by atoms with van der Waals surface area (Å²) in [4.78, 5) is 0. The van der Waals surface area contributed by atoms with E-state index in [4.69, 9.17) is 0 Å².